The molecule has 11 heteroatoms. The molecule has 1 saturated carbocycles. The third-order valence-electron chi connectivity index (χ3n) is 8.97. The van der Waals surface area contributed by atoms with E-state index in [-0.39, 0.29) is 61.0 Å². The zero-order valence-corrected chi connectivity index (χ0v) is 31.5. The number of ether oxygens (including phenoxy) is 2. The quantitative estimate of drug-likeness (QED) is 0.115. The van der Waals surface area contributed by atoms with Gasteiger partial charge in [0, 0.05) is 31.2 Å². The molecule has 0 unspecified atom stereocenters. The molecule has 11 nitrogen and oxygen atoms in total. The van der Waals surface area contributed by atoms with Crippen LogP contribution in [0.5, 0.6) is 0 Å². The summed E-state index contributed by atoms with van der Waals surface area (Å²) in [7, 11) is 1.29. The van der Waals surface area contributed by atoms with Crippen molar-refractivity contribution in [3.63, 3.8) is 0 Å². The Kier molecular flexibility index (Phi) is 17.6. The lowest BCUT2D eigenvalue weighted by Crippen LogP contribution is -2.49. The highest BCUT2D eigenvalue weighted by Crippen LogP contribution is 2.26. The number of amides is 3. The van der Waals surface area contributed by atoms with E-state index in [4.69, 9.17) is 9.47 Å². The van der Waals surface area contributed by atoms with E-state index in [1.54, 1.807) is 20.8 Å². The number of ketones is 2. The van der Waals surface area contributed by atoms with Crippen molar-refractivity contribution in [2.24, 2.45) is 29.6 Å². The summed E-state index contributed by atoms with van der Waals surface area (Å²) in [5.74, 6) is -3.45. The molecule has 50 heavy (non-hydrogen) atoms. The van der Waals surface area contributed by atoms with Crippen molar-refractivity contribution in [3.05, 3.63) is 35.9 Å². The van der Waals surface area contributed by atoms with Crippen LogP contribution < -0.4 is 16.0 Å². The molecule has 0 aromatic heterocycles. The molecule has 0 bridgehead atoms. The fraction of sp³-hybridized carbons (Fsp3) is 0.692. The van der Waals surface area contributed by atoms with E-state index in [0.29, 0.717) is 19.3 Å². The molecule has 280 valence electrons. The molecule has 4 atom stereocenters. The number of Topliss-reactive ketones (excluding diaryl/α,β-unsaturated/α-hetero) is 2. The fourth-order valence-corrected chi connectivity index (χ4v) is 6.35. The van der Waals surface area contributed by atoms with Crippen molar-refractivity contribution in [2.45, 2.75) is 130 Å². The molecule has 1 aliphatic rings. The number of hydrogen-bond acceptors (Lipinski definition) is 8. The lowest BCUT2D eigenvalue weighted by molar-refractivity contribution is -0.147. The fourth-order valence-electron chi connectivity index (χ4n) is 6.35. The first-order chi connectivity index (χ1) is 23.5. The largest absolute Gasteiger partial charge is 0.469 e. The van der Waals surface area contributed by atoms with Crippen LogP contribution in [-0.4, -0.2) is 66.8 Å². The minimum absolute atomic E-state index is 0.0455. The summed E-state index contributed by atoms with van der Waals surface area (Å²) in [5.41, 5.74) is 0.220. The van der Waals surface area contributed by atoms with Gasteiger partial charge in [-0.1, -0.05) is 70.9 Å². The van der Waals surface area contributed by atoms with Crippen LogP contribution in [0.4, 0.5) is 4.79 Å². The minimum atomic E-state index is -0.883. The topological polar surface area (TPSA) is 157 Å². The van der Waals surface area contributed by atoms with Crippen LogP contribution in [0.1, 0.15) is 112 Å². The lowest BCUT2D eigenvalue weighted by Gasteiger charge is -2.27. The first kappa shape index (κ1) is 42.4. The third-order valence-corrected chi connectivity index (χ3v) is 8.97. The maximum absolute atomic E-state index is 14.0. The highest BCUT2D eigenvalue weighted by Gasteiger charge is 2.34. The summed E-state index contributed by atoms with van der Waals surface area (Å²) in [6.07, 6.45) is 4.00. The maximum Gasteiger partial charge on any atom is 0.407 e. The Morgan fingerprint density at radius 3 is 2.04 bits per heavy atom. The van der Waals surface area contributed by atoms with Crippen LogP contribution in [0, 0.1) is 29.6 Å². The summed E-state index contributed by atoms with van der Waals surface area (Å²) in [4.78, 5) is 79.4. The smallest absolute Gasteiger partial charge is 0.407 e. The summed E-state index contributed by atoms with van der Waals surface area (Å²) in [6.45, 7) is 13.1. The van der Waals surface area contributed by atoms with Gasteiger partial charge in [-0.05, 0) is 76.7 Å². The van der Waals surface area contributed by atoms with Crippen LogP contribution in [0.15, 0.2) is 30.3 Å². The Labute approximate surface area is 298 Å². The summed E-state index contributed by atoms with van der Waals surface area (Å²) in [6, 6.07) is 7.72. The van der Waals surface area contributed by atoms with Crippen LogP contribution in [0.3, 0.4) is 0 Å². The predicted molar refractivity (Wildman–Crippen MR) is 192 cm³/mol. The first-order valence-electron chi connectivity index (χ1n) is 18.2. The second-order valence-corrected chi connectivity index (χ2v) is 15.4. The SMILES string of the molecule is COC(=O)[C@H](CC(=O)[C@H](CC(C)C)NC(=O)[C@H](CCCNC(=O)OC(C)(C)C)CC(=O)[C@@H](NC(=O)C1CCCC1)C(C)C)Cc1ccccc1. The summed E-state index contributed by atoms with van der Waals surface area (Å²) in [5, 5.41) is 8.57. The van der Waals surface area contributed by atoms with Gasteiger partial charge in [0.15, 0.2) is 11.6 Å². The zero-order chi connectivity index (χ0) is 37.4. The number of alkyl carbamates (subject to hydrolysis) is 1. The van der Waals surface area contributed by atoms with E-state index in [2.05, 4.69) is 16.0 Å². The first-order valence-corrected chi connectivity index (χ1v) is 18.2. The van der Waals surface area contributed by atoms with Gasteiger partial charge >= 0.3 is 12.1 Å². The average molecular weight is 700 g/mol. The van der Waals surface area contributed by atoms with Gasteiger partial charge in [0.05, 0.1) is 25.1 Å². The molecular weight excluding hydrogens is 638 g/mol. The number of benzene rings is 1. The number of nitrogens with one attached hydrogen (secondary N) is 3. The van der Waals surface area contributed by atoms with Gasteiger partial charge < -0.3 is 25.4 Å². The molecule has 0 saturated heterocycles. The molecule has 2 rings (SSSR count). The van der Waals surface area contributed by atoms with Crippen molar-refractivity contribution in [2.75, 3.05) is 13.7 Å². The highest BCUT2D eigenvalue weighted by molar-refractivity contribution is 5.95. The van der Waals surface area contributed by atoms with Crippen molar-refractivity contribution in [1.82, 2.24) is 16.0 Å². The minimum Gasteiger partial charge on any atom is -0.469 e. The Hall–Kier alpha value is -3.76. The van der Waals surface area contributed by atoms with E-state index < -0.39 is 47.5 Å². The Morgan fingerprint density at radius 2 is 1.48 bits per heavy atom. The molecule has 3 amide bonds. The van der Waals surface area contributed by atoms with Gasteiger partial charge in [-0.25, -0.2) is 4.79 Å². The number of rotatable bonds is 20. The van der Waals surface area contributed by atoms with Gasteiger partial charge in [0.25, 0.3) is 0 Å². The molecule has 1 aromatic carbocycles. The van der Waals surface area contributed by atoms with Crippen LogP contribution in [0.2, 0.25) is 0 Å². The number of carbonyl (C=O) groups excluding carboxylic acids is 6. The van der Waals surface area contributed by atoms with E-state index in [1.807, 2.05) is 58.0 Å². The molecule has 1 aliphatic carbocycles. The molecule has 0 aliphatic heterocycles. The van der Waals surface area contributed by atoms with Crippen LogP contribution in [0.25, 0.3) is 0 Å². The second kappa shape index (κ2) is 20.8. The monoisotopic (exact) mass is 699 g/mol. The Morgan fingerprint density at radius 1 is 0.860 bits per heavy atom. The molecular formula is C39H61N3O8. The average Bonchev–Trinajstić information content (AvgIpc) is 3.58. The standard InChI is InChI=1S/C39H61N3O8/c1-25(2)21-31(32(43)24-30(37(47)49-8)22-27-15-10-9-11-16-27)41-36(46)29(19-14-20-40-38(48)50-39(5,6)7)23-33(44)34(26(3)4)42-35(45)28-17-12-13-18-28/h9-11,15-16,25-26,28-31,34H,12-14,17-24H2,1-8H3,(H,40,48)(H,41,46)(H,42,45)/t29-,30+,31+,34+/m1/s1. The van der Waals surface area contributed by atoms with Crippen molar-refractivity contribution in [1.29, 1.82) is 0 Å². The second-order valence-electron chi connectivity index (χ2n) is 15.4. The molecule has 0 spiro atoms. The number of methoxy groups -OCH3 is 1. The zero-order valence-electron chi connectivity index (χ0n) is 31.5. The molecule has 1 fully saturated rings. The highest BCUT2D eigenvalue weighted by atomic mass is 16.6. The van der Waals surface area contributed by atoms with E-state index in [9.17, 15) is 28.8 Å². The van der Waals surface area contributed by atoms with Gasteiger partial charge in [-0.15, -0.1) is 0 Å². The molecule has 3 N–H and O–H groups in total. The molecule has 0 radical (unpaired) electrons. The van der Waals surface area contributed by atoms with Gasteiger partial charge in [-0.3, -0.25) is 24.0 Å². The normalized spacial score (nSPS) is 15.9. The number of carbonyl (C=O) groups is 6. The Balaban J connectivity index is 2.24. The van der Waals surface area contributed by atoms with Crippen molar-refractivity contribution >= 4 is 35.4 Å². The number of esters is 1. The van der Waals surface area contributed by atoms with Crippen molar-refractivity contribution in [3.8, 4) is 0 Å². The maximum atomic E-state index is 14.0. The lowest BCUT2D eigenvalue weighted by atomic mass is 9.87. The number of hydrogen-bond donors (Lipinski definition) is 3. The molecule has 1 aromatic rings. The Bertz CT molecular complexity index is 1270. The van der Waals surface area contributed by atoms with Gasteiger partial charge in [0.1, 0.15) is 5.60 Å². The third kappa shape index (κ3) is 15.4. The van der Waals surface area contributed by atoms with E-state index in [1.165, 1.54) is 7.11 Å². The van der Waals surface area contributed by atoms with Crippen LogP contribution in [-0.2, 0) is 39.9 Å². The summed E-state index contributed by atoms with van der Waals surface area (Å²) >= 11 is 0. The predicted octanol–water partition coefficient (Wildman–Crippen LogP) is 5.72. The molecule has 0 heterocycles. The van der Waals surface area contributed by atoms with Crippen molar-refractivity contribution < 1.29 is 38.2 Å². The van der Waals surface area contributed by atoms with E-state index in [0.717, 1.165) is 31.2 Å². The summed E-state index contributed by atoms with van der Waals surface area (Å²) < 4.78 is 10.3. The van der Waals surface area contributed by atoms with Gasteiger partial charge in [-0.2, -0.15) is 0 Å². The van der Waals surface area contributed by atoms with E-state index >= 15 is 0 Å². The van der Waals surface area contributed by atoms with Crippen LogP contribution >= 0.6 is 0 Å². The van der Waals surface area contributed by atoms with Gasteiger partial charge in [0.2, 0.25) is 11.8 Å².